The highest BCUT2D eigenvalue weighted by Crippen LogP contribution is 2.34. The first kappa shape index (κ1) is 31.1. The molecule has 216 valence electrons. The number of hydrogen-bond donors (Lipinski definition) is 0. The van der Waals surface area contributed by atoms with Crippen LogP contribution in [-0.4, -0.2) is 11.9 Å². The summed E-state index contributed by atoms with van der Waals surface area (Å²) < 4.78 is 12.1. The van der Waals surface area contributed by atoms with E-state index in [2.05, 4.69) is 41.5 Å². The summed E-state index contributed by atoms with van der Waals surface area (Å²) in [6, 6.07) is 28.2. The average Bonchev–Trinajstić information content (AvgIpc) is 2.94. The fourth-order valence-corrected chi connectivity index (χ4v) is 4.44. The molecule has 0 fully saturated rings. The van der Waals surface area contributed by atoms with E-state index in [4.69, 9.17) is 32.7 Å². The van der Waals surface area contributed by atoms with E-state index in [0.717, 1.165) is 11.1 Å². The maximum atomic E-state index is 13.4. The van der Waals surface area contributed by atoms with E-state index >= 15 is 0 Å². The lowest BCUT2D eigenvalue weighted by Crippen LogP contribution is -2.13. The van der Waals surface area contributed by atoms with Gasteiger partial charge in [-0.3, -0.25) is 0 Å². The summed E-state index contributed by atoms with van der Waals surface area (Å²) in [5, 5.41) is 0.994. The van der Waals surface area contributed by atoms with Crippen molar-refractivity contribution in [1.82, 2.24) is 0 Å². The van der Waals surface area contributed by atoms with Crippen molar-refractivity contribution in [3.63, 3.8) is 0 Å². The molecule has 4 nitrogen and oxygen atoms in total. The molecule has 0 atom stereocenters. The largest absolute Gasteiger partial charge is 0.418 e. The Hall–Kier alpha value is -3.86. The van der Waals surface area contributed by atoms with Crippen molar-refractivity contribution < 1.29 is 19.1 Å². The van der Waals surface area contributed by atoms with Gasteiger partial charge in [0.15, 0.2) is 11.5 Å². The van der Waals surface area contributed by atoms with Crippen LogP contribution in [0.3, 0.4) is 0 Å². The van der Waals surface area contributed by atoms with Crippen LogP contribution in [0.5, 0.6) is 0 Å². The Labute approximate surface area is 257 Å². The maximum absolute atomic E-state index is 13.4. The second kappa shape index (κ2) is 12.6. The first-order valence-corrected chi connectivity index (χ1v) is 14.4. The van der Waals surface area contributed by atoms with Gasteiger partial charge in [-0.2, -0.15) is 0 Å². The Bertz CT molecular complexity index is 1460. The van der Waals surface area contributed by atoms with Crippen molar-refractivity contribution >= 4 is 46.7 Å². The number of esters is 2. The van der Waals surface area contributed by atoms with Crippen molar-refractivity contribution in [3.8, 4) is 0 Å². The zero-order valence-electron chi connectivity index (χ0n) is 24.6. The summed E-state index contributed by atoms with van der Waals surface area (Å²) in [4.78, 5) is 26.9. The van der Waals surface area contributed by atoms with Gasteiger partial charge in [-0.15, -0.1) is 0 Å². The summed E-state index contributed by atoms with van der Waals surface area (Å²) in [7, 11) is 0. The van der Waals surface area contributed by atoms with Crippen LogP contribution in [0.15, 0.2) is 97.1 Å². The summed E-state index contributed by atoms with van der Waals surface area (Å²) in [6.45, 7) is 12.7. The third kappa shape index (κ3) is 7.70. The molecule has 42 heavy (non-hydrogen) atoms. The minimum atomic E-state index is -0.618. The van der Waals surface area contributed by atoms with Gasteiger partial charge < -0.3 is 9.47 Å². The SMILES string of the molecule is CC(C)(C)c1ccc(C(OC(=O)c2ccc(Cl)cc2)=C(OC(=O)c2ccc(Cl)cc2)c2ccc(C(C)(C)C)cc2)cc1. The smallest absolute Gasteiger partial charge is 0.343 e. The molecule has 4 aromatic rings. The topological polar surface area (TPSA) is 52.6 Å². The lowest BCUT2D eigenvalue weighted by Gasteiger charge is -2.21. The first-order valence-electron chi connectivity index (χ1n) is 13.6. The highest BCUT2D eigenvalue weighted by Gasteiger charge is 2.24. The standard InChI is InChI=1S/C36H34Cl2O4/c1-35(2,3)27-15-7-23(8-16-27)31(41-33(39)25-11-19-29(37)20-12-25)32(24-9-17-28(18-10-24)36(4,5)6)42-34(40)26-13-21-30(38)22-14-26/h7-22H,1-6H3. The summed E-state index contributed by atoms with van der Waals surface area (Å²) >= 11 is 12.1. The number of benzene rings is 4. The highest BCUT2D eigenvalue weighted by molar-refractivity contribution is 6.31. The molecule has 0 N–H and O–H groups in total. The molecule has 0 aliphatic rings. The third-order valence-electron chi connectivity index (χ3n) is 6.78. The van der Waals surface area contributed by atoms with Gasteiger partial charge in [0, 0.05) is 21.2 Å². The van der Waals surface area contributed by atoms with E-state index in [0.29, 0.717) is 32.3 Å². The van der Waals surface area contributed by atoms with Crippen molar-refractivity contribution in [2.24, 2.45) is 0 Å². The van der Waals surface area contributed by atoms with E-state index in [-0.39, 0.29) is 22.3 Å². The first-order chi connectivity index (χ1) is 19.7. The molecule has 0 unspecified atom stereocenters. The van der Waals surface area contributed by atoms with Gasteiger partial charge in [-0.05, 0) is 70.5 Å². The van der Waals surface area contributed by atoms with Crippen molar-refractivity contribution in [2.75, 3.05) is 0 Å². The van der Waals surface area contributed by atoms with Gasteiger partial charge in [0.1, 0.15) is 0 Å². The molecule has 0 aliphatic heterocycles. The molecule has 0 amide bonds. The predicted octanol–water partition coefficient (Wildman–Crippen LogP) is 10.1. The van der Waals surface area contributed by atoms with Gasteiger partial charge in [0.25, 0.3) is 0 Å². The molecule has 6 heteroatoms. The normalized spacial score (nSPS) is 12.4. The molecule has 0 saturated carbocycles. The molecule has 0 aliphatic carbocycles. The van der Waals surface area contributed by atoms with Crippen LogP contribution in [0, 0.1) is 0 Å². The number of halogens is 2. The zero-order chi connectivity index (χ0) is 30.7. The van der Waals surface area contributed by atoms with E-state index < -0.39 is 11.9 Å². The number of ether oxygens (including phenoxy) is 2. The van der Waals surface area contributed by atoms with Crippen LogP contribution in [0.1, 0.15) is 84.5 Å². The number of carbonyl (C=O) groups excluding carboxylic acids is 2. The van der Waals surface area contributed by atoms with Crippen LogP contribution < -0.4 is 0 Å². The molecule has 4 aromatic carbocycles. The number of rotatable bonds is 6. The molecule has 0 radical (unpaired) electrons. The molecule has 0 saturated heterocycles. The van der Waals surface area contributed by atoms with Crippen LogP contribution in [0.2, 0.25) is 10.0 Å². The highest BCUT2D eigenvalue weighted by atomic mass is 35.5. The zero-order valence-corrected chi connectivity index (χ0v) is 26.1. The minimum Gasteiger partial charge on any atom is -0.418 e. The average molecular weight is 602 g/mol. The molecule has 0 spiro atoms. The summed E-state index contributed by atoms with van der Waals surface area (Å²) in [6.07, 6.45) is 0. The quantitative estimate of drug-likeness (QED) is 0.125. The van der Waals surface area contributed by atoms with Gasteiger partial charge in [0.2, 0.25) is 0 Å². The minimum absolute atomic E-state index is 0.0882. The van der Waals surface area contributed by atoms with Crippen LogP contribution in [0.4, 0.5) is 0 Å². The molecule has 4 rings (SSSR count). The summed E-state index contributed by atoms with van der Waals surface area (Å²) in [5.41, 5.74) is 3.77. The lowest BCUT2D eigenvalue weighted by atomic mass is 9.86. The maximum Gasteiger partial charge on any atom is 0.343 e. The molecule has 0 bridgehead atoms. The predicted molar refractivity (Wildman–Crippen MR) is 171 cm³/mol. The third-order valence-corrected chi connectivity index (χ3v) is 7.29. The van der Waals surface area contributed by atoms with E-state index in [1.807, 2.05) is 48.5 Å². The van der Waals surface area contributed by atoms with E-state index in [1.54, 1.807) is 48.5 Å². The Morgan fingerprint density at radius 3 is 0.976 bits per heavy atom. The number of hydrogen-bond acceptors (Lipinski definition) is 4. The Morgan fingerprint density at radius 2 is 0.714 bits per heavy atom. The Kier molecular flexibility index (Phi) is 9.30. The van der Waals surface area contributed by atoms with Crippen LogP contribution in [-0.2, 0) is 20.3 Å². The van der Waals surface area contributed by atoms with Gasteiger partial charge in [-0.25, -0.2) is 9.59 Å². The second-order valence-corrected chi connectivity index (χ2v) is 13.0. The van der Waals surface area contributed by atoms with Crippen LogP contribution in [0.25, 0.3) is 11.5 Å². The lowest BCUT2D eigenvalue weighted by molar-refractivity contribution is 0.0647. The molecular weight excluding hydrogens is 567 g/mol. The molecule has 0 aromatic heterocycles. The van der Waals surface area contributed by atoms with E-state index in [9.17, 15) is 9.59 Å². The van der Waals surface area contributed by atoms with Crippen LogP contribution >= 0.6 is 23.2 Å². The molecule has 0 heterocycles. The monoisotopic (exact) mass is 600 g/mol. The molecular formula is C36H34Cl2O4. The van der Waals surface area contributed by atoms with Crippen molar-refractivity contribution in [1.29, 1.82) is 0 Å². The van der Waals surface area contributed by atoms with Crippen molar-refractivity contribution in [2.45, 2.75) is 52.4 Å². The van der Waals surface area contributed by atoms with Gasteiger partial charge in [-0.1, -0.05) is 113 Å². The number of carbonyl (C=O) groups is 2. The second-order valence-electron chi connectivity index (χ2n) is 12.1. The van der Waals surface area contributed by atoms with Crippen molar-refractivity contribution in [3.05, 3.63) is 140 Å². The fraction of sp³-hybridized carbons (Fsp3) is 0.222. The Morgan fingerprint density at radius 1 is 0.452 bits per heavy atom. The van der Waals surface area contributed by atoms with Gasteiger partial charge in [0.05, 0.1) is 11.1 Å². The fourth-order valence-electron chi connectivity index (χ4n) is 4.19. The van der Waals surface area contributed by atoms with E-state index in [1.165, 1.54) is 0 Å². The Balaban J connectivity index is 1.90. The van der Waals surface area contributed by atoms with Gasteiger partial charge >= 0.3 is 11.9 Å². The summed E-state index contributed by atoms with van der Waals surface area (Å²) in [5.74, 6) is -1.01.